The van der Waals surface area contributed by atoms with Gasteiger partial charge in [0.1, 0.15) is 5.01 Å². The molecule has 2 heterocycles. The average molecular weight is 359 g/mol. The molecule has 3 N–H and O–H groups in total. The molecule has 3 amide bonds. The van der Waals surface area contributed by atoms with Crippen LogP contribution < -0.4 is 16.0 Å². The fraction of sp³-hybridized carbons (Fsp3) is 0.412. The van der Waals surface area contributed by atoms with Crippen molar-refractivity contribution in [1.82, 2.24) is 15.5 Å². The van der Waals surface area contributed by atoms with Crippen LogP contribution in [0, 0.1) is 0 Å². The van der Waals surface area contributed by atoms with E-state index in [0.29, 0.717) is 11.6 Å². The molecule has 0 radical (unpaired) electrons. The van der Waals surface area contributed by atoms with E-state index in [-0.39, 0.29) is 18.0 Å². The second-order valence-electron chi connectivity index (χ2n) is 6.07. The van der Waals surface area contributed by atoms with Gasteiger partial charge in [-0.25, -0.2) is 4.79 Å². The molecule has 8 heteroatoms. The monoisotopic (exact) mass is 359 g/mol. The summed E-state index contributed by atoms with van der Waals surface area (Å²) < 4.78 is 0. The zero-order chi connectivity index (χ0) is 17.8. The maximum atomic E-state index is 12.2. The smallest absolute Gasteiger partial charge is 0.321 e. The first-order valence-electron chi connectivity index (χ1n) is 8.37. The van der Waals surface area contributed by atoms with Crippen molar-refractivity contribution in [3.8, 4) is 0 Å². The molecule has 1 aliphatic heterocycles. The molecule has 1 atom stereocenters. The molecule has 0 fully saturated rings. The van der Waals surface area contributed by atoms with Gasteiger partial charge in [0.2, 0.25) is 11.0 Å². The lowest BCUT2D eigenvalue weighted by Gasteiger charge is -2.15. The maximum Gasteiger partial charge on any atom is 0.321 e. The summed E-state index contributed by atoms with van der Waals surface area (Å²) in [5.41, 5.74) is 2.76. The lowest BCUT2D eigenvalue weighted by Crippen LogP contribution is -2.31. The Morgan fingerprint density at radius 2 is 2.24 bits per heavy atom. The number of anilines is 2. The van der Waals surface area contributed by atoms with Crippen molar-refractivity contribution in [2.24, 2.45) is 0 Å². The van der Waals surface area contributed by atoms with Crippen molar-refractivity contribution in [2.75, 3.05) is 10.6 Å². The number of hydrogen-bond acceptors (Lipinski definition) is 5. The number of nitrogens with zero attached hydrogens (tertiary/aromatic N) is 2. The summed E-state index contributed by atoms with van der Waals surface area (Å²) in [6, 6.07) is 5.22. The molecule has 2 aromatic rings. The SMILES string of the molecule is CCCCc1nnc(NC(=O)N[C@H](C)c2ccc3c(c2)CC(=O)N3)s1. The van der Waals surface area contributed by atoms with Crippen LogP contribution >= 0.6 is 11.3 Å². The lowest BCUT2D eigenvalue weighted by molar-refractivity contribution is -0.115. The zero-order valence-electron chi connectivity index (χ0n) is 14.3. The van der Waals surface area contributed by atoms with E-state index >= 15 is 0 Å². The highest BCUT2D eigenvalue weighted by Gasteiger charge is 2.19. The average Bonchev–Trinajstić information content (AvgIpc) is 3.16. The van der Waals surface area contributed by atoms with E-state index < -0.39 is 0 Å². The predicted molar refractivity (Wildman–Crippen MR) is 97.9 cm³/mol. The van der Waals surface area contributed by atoms with Gasteiger partial charge in [0.25, 0.3) is 0 Å². The summed E-state index contributed by atoms with van der Waals surface area (Å²) in [7, 11) is 0. The van der Waals surface area contributed by atoms with E-state index in [1.165, 1.54) is 11.3 Å². The Bertz CT molecular complexity index is 789. The number of nitrogens with one attached hydrogen (secondary N) is 3. The first-order valence-corrected chi connectivity index (χ1v) is 9.19. The summed E-state index contributed by atoms with van der Waals surface area (Å²) in [5, 5.41) is 17.9. The predicted octanol–water partition coefficient (Wildman–Crippen LogP) is 3.26. The maximum absolute atomic E-state index is 12.2. The molecule has 0 saturated heterocycles. The largest absolute Gasteiger partial charge is 0.331 e. The van der Waals surface area contributed by atoms with Crippen LogP contribution in [0.25, 0.3) is 0 Å². The second kappa shape index (κ2) is 7.60. The van der Waals surface area contributed by atoms with Gasteiger partial charge in [-0.3, -0.25) is 10.1 Å². The third-order valence-electron chi connectivity index (χ3n) is 4.03. The fourth-order valence-electron chi connectivity index (χ4n) is 2.66. The standard InChI is InChI=1S/C17H21N5O2S/c1-3-4-5-15-21-22-17(25-15)20-16(24)18-10(2)11-6-7-13-12(8-11)9-14(23)19-13/h6-8,10H,3-5,9H2,1-2H3,(H,19,23)(H2,18,20,22,24)/t10-/m1/s1. The molecule has 1 aromatic heterocycles. The summed E-state index contributed by atoms with van der Waals surface area (Å²) in [5.74, 6) is 0.000604. The number of urea groups is 1. The molecule has 7 nitrogen and oxygen atoms in total. The number of amides is 3. The van der Waals surface area contributed by atoms with E-state index in [2.05, 4.69) is 33.1 Å². The topological polar surface area (TPSA) is 96.0 Å². The quantitative estimate of drug-likeness (QED) is 0.737. The fourth-order valence-corrected chi connectivity index (χ4v) is 3.44. The number of benzene rings is 1. The van der Waals surface area contributed by atoms with Crippen molar-refractivity contribution < 1.29 is 9.59 Å². The van der Waals surface area contributed by atoms with Gasteiger partial charge in [-0.2, -0.15) is 0 Å². The van der Waals surface area contributed by atoms with Gasteiger partial charge >= 0.3 is 6.03 Å². The van der Waals surface area contributed by atoms with Crippen molar-refractivity contribution in [3.63, 3.8) is 0 Å². The highest BCUT2D eigenvalue weighted by atomic mass is 32.1. The molecule has 0 saturated carbocycles. The molecule has 1 aromatic carbocycles. The van der Waals surface area contributed by atoms with Crippen molar-refractivity contribution in [1.29, 1.82) is 0 Å². The molecule has 3 rings (SSSR count). The van der Waals surface area contributed by atoms with E-state index in [1.54, 1.807) is 0 Å². The van der Waals surface area contributed by atoms with Gasteiger partial charge in [0.15, 0.2) is 0 Å². The van der Waals surface area contributed by atoms with Crippen molar-refractivity contribution in [2.45, 2.75) is 45.6 Å². The Labute approximate surface area is 150 Å². The minimum absolute atomic E-state index is 0.000604. The van der Waals surface area contributed by atoms with Crippen molar-refractivity contribution >= 4 is 34.1 Å². The van der Waals surface area contributed by atoms with E-state index in [0.717, 1.165) is 41.1 Å². The molecule has 0 spiro atoms. The van der Waals surface area contributed by atoms with Crippen LogP contribution in [0.1, 0.15) is 48.9 Å². The number of carbonyl (C=O) groups is 2. The number of aromatic nitrogens is 2. The number of fused-ring (bicyclic) bond motifs is 1. The number of rotatable bonds is 6. The number of aryl methyl sites for hydroxylation is 1. The molecule has 0 unspecified atom stereocenters. The third kappa shape index (κ3) is 4.33. The highest BCUT2D eigenvalue weighted by Crippen LogP contribution is 2.26. The summed E-state index contributed by atoms with van der Waals surface area (Å²) in [6.07, 6.45) is 3.43. The lowest BCUT2D eigenvalue weighted by atomic mass is 10.0. The van der Waals surface area contributed by atoms with E-state index in [1.807, 2.05) is 25.1 Å². The molecular formula is C17H21N5O2S. The first kappa shape index (κ1) is 17.3. The summed E-state index contributed by atoms with van der Waals surface area (Å²) in [4.78, 5) is 23.6. The van der Waals surface area contributed by atoms with Gasteiger partial charge in [0.05, 0.1) is 12.5 Å². The van der Waals surface area contributed by atoms with E-state index in [4.69, 9.17) is 0 Å². The van der Waals surface area contributed by atoms with Crippen LogP contribution in [0.2, 0.25) is 0 Å². The van der Waals surface area contributed by atoms with Gasteiger partial charge in [-0.1, -0.05) is 36.8 Å². The molecular weight excluding hydrogens is 338 g/mol. The summed E-state index contributed by atoms with van der Waals surface area (Å²) in [6.45, 7) is 4.03. The highest BCUT2D eigenvalue weighted by molar-refractivity contribution is 7.15. The Balaban J connectivity index is 1.56. The van der Waals surface area contributed by atoms with Crippen LogP contribution in [0.5, 0.6) is 0 Å². The molecule has 0 aliphatic carbocycles. The van der Waals surface area contributed by atoms with E-state index in [9.17, 15) is 9.59 Å². The third-order valence-corrected chi connectivity index (χ3v) is 4.93. The van der Waals surface area contributed by atoms with Gasteiger partial charge in [-0.05, 0) is 30.5 Å². The van der Waals surface area contributed by atoms with Gasteiger partial charge < -0.3 is 10.6 Å². The second-order valence-corrected chi connectivity index (χ2v) is 7.13. The normalized spacial score (nSPS) is 13.9. The minimum atomic E-state index is -0.319. The van der Waals surface area contributed by atoms with Gasteiger partial charge in [0, 0.05) is 12.1 Å². The first-order chi connectivity index (χ1) is 12.0. The van der Waals surface area contributed by atoms with Crippen molar-refractivity contribution in [3.05, 3.63) is 34.3 Å². The van der Waals surface area contributed by atoms with Crippen LogP contribution in [-0.2, 0) is 17.6 Å². The summed E-state index contributed by atoms with van der Waals surface area (Å²) >= 11 is 1.40. The number of unbranched alkanes of at least 4 members (excludes halogenated alkanes) is 1. The van der Waals surface area contributed by atoms with Crippen LogP contribution in [-0.4, -0.2) is 22.1 Å². The zero-order valence-corrected chi connectivity index (χ0v) is 15.1. The van der Waals surface area contributed by atoms with Crippen LogP contribution in [0.15, 0.2) is 18.2 Å². The minimum Gasteiger partial charge on any atom is -0.331 e. The molecule has 0 bridgehead atoms. The van der Waals surface area contributed by atoms with Gasteiger partial charge in [-0.15, -0.1) is 10.2 Å². The Hall–Kier alpha value is -2.48. The number of hydrogen-bond donors (Lipinski definition) is 3. The Morgan fingerprint density at radius 1 is 1.40 bits per heavy atom. The molecule has 132 valence electrons. The Morgan fingerprint density at radius 3 is 3.04 bits per heavy atom. The Kier molecular flexibility index (Phi) is 5.28. The van der Waals surface area contributed by atoms with Crippen LogP contribution in [0.3, 0.4) is 0 Å². The number of carbonyl (C=O) groups excluding carboxylic acids is 2. The molecule has 25 heavy (non-hydrogen) atoms. The van der Waals surface area contributed by atoms with Crippen LogP contribution in [0.4, 0.5) is 15.6 Å². The molecule has 1 aliphatic rings.